The van der Waals surface area contributed by atoms with Crippen LogP contribution in [0.4, 0.5) is 5.95 Å². The third kappa shape index (κ3) is 3.80. The summed E-state index contributed by atoms with van der Waals surface area (Å²) in [7, 11) is 0. The third-order valence-electron chi connectivity index (χ3n) is 6.32. The standard InChI is InChI=1S/C22H27N7O2/c1-14-11-19(31-27-14)18-12-23-22(29-7-3-4-8-29)25-20(18)16-5-9-28(10-6-16)21(30)17-13-24-26-15(17)2/h11-13,16H,3-10H2,1-2H3,(H,24,26). The van der Waals surface area contributed by atoms with Crippen molar-refractivity contribution in [1.29, 1.82) is 0 Å². The highest BCUT2D eigenvalue weighted by Gasteiger charge is 2.30. The van der Waals surface area contributed by atoms with Gasteiger partial charge in [-0.25, -0.2) is 9.97 Å². The van der Waals surface area contributed by atoms with Crippen LogP contribution in [0.25, 0.3) is 11.3 Å². The molecule has 1 amide bonds. The lowest BCUT2D eigenvalue weighted by atomic mass is 9.90. The number of hydrogen-bond donors (Lipinski definition) is 1. The van der Waals surface area contributed by atoms with E-state index >= 15 is 0 Å². The minimum absolute atomic E-state index is 0.0382. The first-order valence-corrected chi connectivity index (χ1v) is 10.9. The van der Waals surface area contributed by atoms with Crippen LogP contribution in [0.2, 0.25) is 0 Å². The summed E-state index contributed by atoms with van der Waals surface area (Å²) >= 11 is 0. The number of carbonyl (C=O) groups is 1. The van der Waals surface area contributed by atoms with Gasteiger partial charge >= 0.3 is 0 Å². The van der Waals surface area contributed by atoms with Crippen molar-refractivity contribution < 1.29 is 9.32 Å². The van der Waals surface area contributed by atoms with E-state index < -0.39 is 0 Å². The Kier molecular flexibility index (Phi) is 5.17. The molecule has 5 rings (SSSR count). The first-order valence-electron chi connectivity index (χ1n) is 10.9. The van der Waals surface area contributed by atoms with Gasteiger partial charge in [-0.2, -0.15) is 5.10 Å². The summed E-state index contributed by atoms with van der Waals surface area (Å²) in [5, 5.41) is 10.9. The molecular weight excluding hydrogens is 394 g/mol. The van der Waals surface area contributed by atoms with Gasteiger partial charge in [0, 0.05) is 50.1 Å². The first-order chi connectivity index (χ1) is 15.1. The number of anilines is 1. The zero-order chi connectivity index (χ0) is 21.4. The Balaban J connectivity index is 1.40. The summed E-state index contributed by atoms with van der Waals surface area (Å²) in [6, 6.07) is 1.93. The fourth-order valence-corrected chi connectivity index (χ4v) is 4.54. The second kappa shape index (κ2) is 8.13. The molecule has 2 aliphatic rings. The van der Waals surface area contributed by atoms with Crippen LogP contribution >= 0.6 is 0 Å². The topological polar surface area (TPSA) is 104 Å². The van der Waals surface area contributed by atoms with Gasteiger partial charge in [0.15, 0.2) is 5.76 Å². The Labute approximate surface area is 180 Å². The molecule has 9 nitrogen and oxygen atoms in total. The van der Waals surface area contributed by atoms with Crippen molar-refractivity contribution in [3.8, 4) is 11.3 Å². The summed E-state index contributed by atoms with van der Waals surface area (Å²) in [4.78, 5) is 26.7. The first kappa shape index (κ1) is 19.7. The van der Waals surface area contributed by atoms with Crippen molar-refractivity contribution in [2.45, 2.75) is 45.4 Å². The summed E-state index contributed by atoms with van der Waals surface area (Å²) < 4.78 is 5.55. The summed E-state index contributed by atoms with van der Waals surface area (Å²) in [5.74, 6) is 1.77. The van der Waals surface area contributed by atoms with E-state index in [-0.39, 0.29) is 11.8 Å². The maximum Gasteiger partial charge on any atom is 0.257 e. The van der Waals surface area contributed by atoms with Gasteiger partial charge in [0.2, 0.25) is 5.95 Å². The Bertz CT molecular complexity index is 1080. The molecule has 0 spiro atoms. The van der Waals surface area contributed by atoms with Crippen LogP contribution in [0.5, 0.6) is 0 Å². The Morgan fingerprint density at radius 2 is 1.90 bits per heavy atom. The van der Waals surface area contributed by atoms with Gasteiger partial charge < -0.3 is 14.3 Å². The number of nitrogens with one attached hydrogen (secondary N) is 1. The zero-order valence-corrected chi connectivity index (χ0v) is 18.0. The van der Waals surface area contributed by atoms with Crippen LogP contribution in [0.15, 0.2) is 23.0 Å². The van der Waals surface area contributed by atoms with E-state index in [1.807, 2.05) is 31.0 Å². The summed E-state index contributed by atoms with van der Waals surface area (Å²) in [6.45, 7) is 7.15. The van der Waals surface area contributed by atoms with Crippen molar-refractivity contribution in [3.63, 3.8) is 0 Å². The minimum Gasteiger partial charge on any atom is -0.356 e. The molecule has 0 saturated carbocycles. The largest absolute Gasteiger partial charge is 0.356 e. The highest BCUT2D eigenvalue weighted by Crippen LogP contribution is 2.35. The van der Waals surface area contributed by atoms with E-state index in [0.717, 1.165) is 54.5 Å². The summed E-state index contributed by atoms with van der Waals surface area (Å²) in [5.41, 5.74) is 4.19. The Morgan fingerprint density at radius 3 is 2.55 bits per heavy atom. The van der Waals surface area contributed by atoms with Crippen molar-refractivity contribution in [2.75, 3.05) is 31.1 Å². The van der Waals surface area contributed by atoms with Crippen LogP contribution in [0.1, 0.15) is 59.0 Å². The van der Waals surface area contributed by atoms with E-state index in [0.29, 0.717) is 24.4 Å². The number of aromatic amines is 1. The normalized spacial score (nSPS) is 17.5. The van der Waals surface area contributed by atoms with Crippen molar-refractivity contribution in [3.05, 3.63) is 41.1 Å². The van der Waals surface area contributed by atoms with Gasteiger partial charge in [0.05, 0.1) is 28.7 Å². The molecule has 2 aliphatic heterocycles. The second-order valence-corrected chi connectivity index (χ2v) is 8.47. The number of rotatable bonds is 4. The molecule has 162 valence electrons. The van der Waals surface area contributed by atoms with E-state index in [1.165, 1.54) is 12.8 Å². The van der Waals surface area contributed by atoms with Crippen LogP contribution in [0, 0.1) is 13.8 Å². The molecule has 5 heterocycles. The van der Waals surface area contributed by atoms with E-state index in [1.54, 1.807) is 6.20 Å². The predicted molar refractivity (Wildman–Crippen MR) is 115 cm³/mol. The predicted octanol–water partition coefficient (Wildman–Crippen LogP) is 3.09. The van der Waals surface area contributed by atoms with Crippen LogP contribution < -0.4 is 4.90 Å². The molecular formula is C22H27N7O2. The molecule has 9 heteroatoms. The second-order valence-electron chi connectivity index (χ2n) is 8.47. The van der Waals surface area contributed by atoms with Gasteiger partial charge in [-0.05, 0) is 39.5 Å². The lowest BCUT2D eigenvalue weighted by Gasteiger charge is -2.32. The Hall–Kier alpha value is -3.23. The lowest BCUT2D eigenvalue weighted by molar-refractivity contribution is 0.0711. The third-order valence-corrected chi connectivity index (χ3v) is 6.32. The minimum atomic E-state index is 0.0382. The number of piperidine rings is 1. The molecule has 3 aromatic heterocycles. The van der Waals surface area contributed by atoms with Crippen LogP contribution in [0.3, 0.4) is 0 Å². The van der Waals surface area contributed by atoms with Crippen molar-refractivity contribution in [2.24, 2.45) is 0 Å². The number of hydrogen-bond acceptors (Lipinski definition) is 7. The fraction of sp³-hybridized carbons (Fsp3) is 0.500. The number of amides is 1. The monoisotopic (exact) mass is 421 g/mol. The fourth-order valence-electron chi connectivity index (χ4n) is 4.54. The molecule has 2 saturated heterocycles. The maximum absolute atomic E-state index is 12.9. The average Bonchev–Trinajstić information content (AvgIpc) is 3.55. The van der Waals surface area contributed by atoms with Gasteiger partial charge in [0.25, 0.3) is 5.91 Å². The number of aryl methyl sites for hydroxylation is 2. The number of likely N-dealkylation sites (tertiary alicyclic amines) is 1. The average molecular weight is 422 g/mol. The van der Waals surface area contributed by atoms with E-state index in [2.05, 4.69) is 25.2 Å². The van der Waals surface area contributed by atoms with E-state index in [4.69, 9.17) is 9.51 Å². The zero-order valence-electron chi connectivity index (χ0n) is 18.0. The Morgan fingerprint density at radius 1 is 1.13 bits per heavy atom. The molecule has 0 bridgehead atoms. The van der Waals surface area contributed by atoms with Gasteiger partial charge in [-0.15, -0.1) is 0 Å². The molecule has 0 radical (unpaired) electrons. The van der Waals surface area contributed by atoms with Crippen molar-refractivity contribution >= 4 is 11.9 Å². The molecule has 0 aliphatic carbocycles. The number of H-pyrrole nitrogens is 1. The van der Waals surface area contributed by atoms with Gasteiger partial charge in [0.1, 0.15) is 0 Å². The molecule has 3 aromatic rings. The molecule has 31 heavy (non-hydrogen) atoms. The smallest absolute Gasteiger partial charge is 0.257 e. The van der Waals surface area contributed by atoms with Crippen molar-refractivity contribution in [1.82, 2.24) is 30.2 Å². The quantitative estimate of drug-likeness (QED) is 0.690. The van der Waals surface area contributed by atoms with Gasteiger partial charge in [-0.1, -0.05) is 5.16 Å². The SMILES string of the molecule is Cc1cc(-c2cnc(N3CCCC3)nc2C2CCN(C(=O)c3cn[nH]c3C)CC2)on1. The molecule has 0 unspecified atom stereocenters. The highest BCUT2D eigenvalue weighted by molar-refractivity contribution is 5.95. The lowest BCUT2D eigenvalue weighted by Crippen LogP contribution is -2.38. The highest BCUT2D eigenvalue weighted by atomic mass is 16.5. The van der Waals surface area contributed by atoms with E-state index in [9.17, 15) is 4.79 Å². The molecule has 0 aromatic carbocycles. The molecule has 1 N–H and O–H groups in total. The number of carbonyl (C=O) groups excluding carboxylic acids is 1. The maximum atomic E-state index is 12.9. The van der Waals surface area contributed by atoms with Gasteiger partial charge in [-0.3, -0.25) is 9.89 Å². The number of nitrogens with zero attached hydrogens (tertiary/aromatic N) is 6. The number of aromatic nitrogens is 5. The summed E-state index contributed by atoms with van der Waals surface area (Å²) in [6.07, 6.45) is 7.53. The molecule has 2 fully saturated rings. The van der Waals surface area contributed by atoms with Crippen LogP contribution in [-0.2, 0) is 0 Å². The molecule has 0 atom stereocenters. The van der Waals surface area contributed by atoms with Crippen LogP contribution in [-0.4, -0.2) is 62.3 Å².